The molecule has 90 valence electrons. The molecular formula is C10H18F3NO. The van der Waals surface area contributed by atoms with Crippen molar-refractivity contribution in [2.24, 2.45) is 5.92 Å². The van der Waals surface area contributed by atoms with Gasteiger partial charge in [-0.3, -0.25) is 0 Å². The Bertz CT molecular complexity index is 190. The fraction of sp³-hybridized carbons (Fsp3) is 1.00. The number of alkyl halides is 3. The highest BCUT2D eigenvalue weighted by atomic mass is 19.4. The SMILES string of the molecule is CC(C)C(CNC1CC1)OCC(F)(F)F. The van der Waals surface area contributed by atoms with E-state index in [9.17, 15) is 13.2 Å². The summed E-state index contributed by atoms with van der Waals surface area (Å²) in [4.78, 5) is 0. The molecule has 0 aromatic heterocycles. The van der Waals surface area contributed by atoms with Crippen LogP contribution in [0.2, 0.25) is 0 Å². The minimum atomic E-state index is -4.23. The molecule has 0 bridgehead atoms. The van der Waals surface area contributed by atoms with E-state index in [0.29, 0.717) is 12.6 Å². The summed E-state index contributed by atoms with van der Waals surface area (Å²) in [5, 5.41) is 3.18. The number of halogens is 3. The van der Waals surface area contributed by atoms with Gasteiger partial charge in [0.1, 0.15) is 6.61 Å². The van der Waals surface area contributed by atoms with Crippen LogP contribution < -0.4 is 5.32 Å². The van der Waals surface area contributed by atoms with Crippen LogP contribution in [0.3, 0.4) is 0 Å². The lowest BCUT2D eigenvalue weighted by Gasteiger charge is -2.22. The van der Waals surface area contributed by atoms with E-state index in [1.54, 1.807) is 0 Å². The van der Waals surface area contributed by atoms with Crippen molar-refractivity contribution in [1.82, 2.24) is 5.32 Å². The van der Waals surface area contributed by atoms with Crippen molar-refractivity contribution in [3.63, 3.8) is 0 Å². The first-order valence-electron chi connectivity index (χ1n) is 5.30. The number of hydrogen-bond donors (Lipinski definition) is 1. The molecule has 0 amide bonds. The van der Waals surface area contributed by atoms with Crippen molar-refractivity contribution in [3.8, 4) is 0 Å². The average molecular weight is 225 g/mol. The van der Waals surface area contributed by atoms with Crippen LogP contribution in [0.1, 0.15) is 26.7 Å². The van der Waals surface area contributed by atoms with Crippen LogP contribution in [0, 0.1) is 5.92 Å². The van der Waals surface area contributed by atoms with Gasteiger partial charge in [-0.2, -0.15) is 13.2 Å². The first-order valence-corrected chi connectivity index (χ1v) is 5.30. The Morgan fingerprint density at radius 2 is 1.93 bits per heavy atom. The molecule has 1 N–H and O–H groups in total. The van der Waals surface area contributed by atoms with Crippen molar-refractivity contribution < 1.29 is 17.9 Å². The fourth-order valence-corrected chi connectivity index (χ4v) is 1.26. The van der Waals surface area contributed by atoms with Gasteiger partial charge in [-0.15, -0.1) is 0 Å². The van der Waals surface area contributed by atoms with Gasteiger partial charge in [0, 0.05) is 12.6 Å². The fourth-order valence-electron chi connectivity index (χ4n) is 1.26. The normalized spacial score (nSPS) is 19.6. The van der Waals surface area contributed by atoms with Gasteiger partial charge in [-0.25, -0.2) is 0 Å². The topological polar surface area (TPSA) is 21.3 Å². The molecule has 0 spiro atoms. The third kappa shape index (κ3) is 5.99. The van der Waals surface area contributed by atoms with Crippen LogP contribution in [0.4, 0.5) is 13.2 Å². The Labute approximate surface area is 88.2 Å². The lowest BCUT2D eigenvalue weighted by atomic mass is 10.1. The van der Waals surface area contributed by atoms with E-state index in [4.69, 9.17) is 4.74 Å². The predicted molar refractivity (Wildman–Crippen MR) is 51.7 cm³/mol. The molecule has 0 aliphatic heterocycles. The molecule has 1 aliphatic rings. The molecule has 15 heavy (non-hydrogen) atoms. The Balaban J connectivity index is 2.22. The van der Waals surface area contributed by atoms with Crippen LogP contribution >= 0.6 is 0 Å². The van der Waals surface area contributed by atoms with Crippen LogP contribution in [0.15, 0.2) is 0 Å². The Hall–Kier alpha value is -0.290. The van der Waals surface area contributed by atoms with E-state index < -0.39 is 12.8 Å². The predicted octanol–water partition coefficient (Wildman–Crippen LogP) is 2.34. The highest BCUT2D eigenvalue weighted by Crippen LogP contribution is 2.20. The Kier molecular flexibility index (Phi) is 4.40. The van der Waals surface area contributed by atoms with Gasteiger partial charge in [0.2, 0.25) is 0 Å². The summed E-state index contributed by atoms with van der Waals surface area (Å²) >= 11 is 0. The third-order valence-electron chi connectivity index (χ3n) is 2.39. The highest BCUT2D eigenvalue weighted by Gasteiger charge is 2.30. The summed E-state index contributed by atoms with van der Waals surface area (Å²) in [5.41, 5.74) is 0. The zero-order valence-electron chi connectivity index (χ0n) is 9.10. The van der Waals surface area contributed by atoms with E-state index in [-0.39, 0.29) is 12.0 Å². The lowest BCUT2D eigenvalue weighted by molar-refractivity contribution is -0.188. The molecule has 1 rings (SSSR count). The molecule has 0 radical (unpaired) electrons. The molecule has 2 nitrogen and oxygen atoms in total. The standard InChI is InChI=1S/C10H18F3NO/c1-7(2)9(5-14-8-3-4-8)15-6-10(11,12)13/h7-9,14H,3-6H2,1-2H3. The number of ether oxygens (including phenoxy) is 1. The van der Waals surface area contributed by atoms with Gasteiger partial charge in [-0.1, -0.05) is 13.8 Å². The second kappa shape index (κ2) is 5.16. The van der Waals surface area contributed by atoms with E-state index in [1.807, 2.05) is 13.8 Å². The zero-order chi connectivity index (χ0) is 11.5. The molecule has 5 heteroatoms. The average Bonchev–Trinajstić information content (AvgIpc) is 2.84. The molecule has 1 aliphatic carbocycles. The van der Waals surface area contributed by atoms with E-state index in [1.165, 1.54) is 0 Å². The van der Waals surface area contributed by atoms with Crippen molar-refractivity contribution in [1.29, 1.82) is 0 Å². The monoisotopic (exact) mass is 225 g/mol. The summed E-state index contributed by atoms with van der Waals surface area (Å²) in [6.45, 7) is 3.10. The van der Waals surface area contributed by atoms with Crippen LogP contribution in [0.25, 0.3) is 0 Å². The number of rotatable bonds is 6. The maximum Gasteiger partial charge on any atom is 0.411 e. The van der Waals surface area contributed by atoms with Crippen LogP contribution in [0.5, 0.6) is 0 Å². The molecule has 1 saturated carbocycles. The summed E-state index contributed by atoms with van der Waals surface area (Å²) in [6.07, 6.45) is -2.33. The minimum Gasteiger partial charge on any atom is -0.367 e. The Morgan fingerprint density at radius 1 is 1.33 bits per heavy atom. The summed E-state index contributed by atoms with van der Waals surface area (Å²) in [5.74, 6) is 0.0959. The second-order valence-electron chi connectivity index (χ2n) is 4.39. The number of hydrogen-bond acceptors (Lipinski definition) is 2. The van der Waals surface area contributed by atoms with Gasteiger partial charge in [-0.05, 0) is 18.8 Å². The maximum atomic E-state index is 11.9. The van der Waals surface area contributed by atoms with Crippen molar-refractivity contribution in [3.05, 3.63) is 0 Å². The van der Waals surface area contributed by atoms with Crippen molar-refractivity contribution in [2.45, 2.75) is 45.0 Å². The third-order valence-corrected chi connectivity index (χ3v) is 2.39. The summed E-state index contributed by atoms with van der Waals surface area (Å²) in [6, 6.07) is 0.501. The largest absolute Gasteiger partial charge is 0.411 e. The second-order valence-corrected chi connectivity index (χ2v) is 4.39. The quantitative estimate of drug-likeness (QED) is 0.749. The molecule has 1 unspecified atom stereocenters. The molecule has 1 atom stereocenters. The van der Waals surface area contributed by atoms with Gasteiger partial charge in [0.15, 0.2) is 0 Å². The smallest absolute Gasteiger partial charge is 0.367 e. The van der Waals surface area contributed by atoms with Gasteiger partial charge < -0.3 is 10.1 Å². The van der Waals surface area contributed by atoms with Crippen LogP contribution in [-0.4, -0.2) is 31.5 Å². The highest BCUT2D eigenvalue weighted by molar-refractivity contribution is 4.82. The molecule has 0 aromatic rings. The summed E-state index contributed by atoms with van der Waals surface area (Å²) < 4.78 is 40.7. The minimum absolute atomic E-state index is 0.0959. The number of nitrogens with one attached hydrogen (secondary N) is 1. The molecule has 1 fully saturated rings. The van der Waals surface area contributed by atoms with E-state index in [0.717, 1.165) is 12.8 Å². The van der Waals surface area contributed by atoms with Gasteiger partial charge in [0.05, 0.1) is 6.10 Å². The van der Waals surface area contributed by atoms with Crippen molar-refractivity contribution >= 4 is 0 Å². The van der Waals surface area contributed by atoms with Crippen LogP contribution in [-0.2, 0) is 4.74 Å². The maximum absolute atomic E-state index is 11.9. The molecule has 0 saturated heterocycles. The van der Waals surface area contributed by atoms with Gasteiger partial charge >= 0.3 is 6.18 Å². The molecular weight excluding hydrogens is 207 g/mol. The van der Waals surface area contributed by atoms with E-state index >= 15 is 0 Å². The lowest BCUT2D eigenvalue weighted by Crippen LogP contribution is -2.36. The molecule has 0 heterocycles. The Morgan fingerprint density at radius 3 is 2.33 bits per heavy atom. The van der Waals surface area contributed by atoms with E-state index in [2.05, 4.69) is 5.32 Å². The van der Waals surface area contributed by atoms with Crippen molar-refractivity contribution in [2.75, 3.05) is 13.2 Å². The first-order chi connectivity index (χ1) is 6.88. The zero-order valence-corrected chi connectivity index (χ0v) is 9.10. The first kappa shape index (κ1) is 12.8. The summed E-state index contributed by atoms with van der Waals surface area (Å²) in [7, 11) is 0. The molecule has 0 aromatic carbocycles. The van der Waals surface area contributed by atoms with Gasteiger partial charge in [0.25, 0.3) is 0 Å².